The topological polar surface area (TPSA) is 29.1 Å². The van der Waals surface area contributed by atoms with Crippen molar-refractivity contribution in [2.75, 3.05) is 6.26 Å². The third-order valence-corrected chi connectivity index (χ3v) is 1.87. The highest BCUT2D eigenvalue weighted by Crippen LogP contribution is 1.96. The number of hydrogen-bond donors (Lipinski definition) is 1. The second-order valence-corrected chi connectivity index (χ2v) is 3.46. The number of rotatable bonds is 3. The second kappa shape index (κ2) is 4.26. The first-order chi connectivity index (χ1) is 5.29. The van der Waals surface area contributed by atoms with E-state index in [0.717, 1.165) is 5.56 Å². The lowest BCUT2D eigenvalue weighted by atomic mass is 10.2. The van der Waals surface area contributed by atoms with E-state index < -0.39 is 11.0 Å². The lowest BCUT2D eigenvalue weighted by molar-refractivity contribution is 0.676. The van der Waals surface area contributed by atoms with Crippen LogP contribution in [-0.4, -0.2) is 10.5 Å². The van der Waals surface area contributed by atoms with Gasteiger partial charge in [0.05, 0.1) is 11.0 Å². The molecule has 1 unspecified atom stereocenters. The van der Waals surface area contributed by atoms with Gasteiger partial charge in [0.25, 0.3) is 0 Å². The molecule has 60 valence electrons. The highest BCUT2D eigenvalue weighted by atomic mass is 32.2. The fraction of sp³-hybridized carbons (Fsp3) is 0.250. The van der Waals surface area contributed by atoms with E-state index in [2.05, 4.69) is 4.72 Å². The maximum atomic E-state index is 10.6. The van der Waals surface area contributed by atoms with E-state index in [1.54, 1.807) is 6.26 Å². The molecular formula is C8H11NOS. The Labute approximate surface area is 69.2 Å². The number of hydrogen-bond acceptors (Lipinski definition) is 1. The molecule has 0 fully saturated rings. The quantitative estimate of drug-likeness (QED) is 0.720. The van der Waals surface area contributed by atoms with Crippen molar-refractivity contribution in [1.82, 2.24) is 4.72 Å². The molecule has 0 saturated heterocycles. The summed E-state index contributed by atoms with van der Waals surface area (Å²) in [5.74, 6) is 0. The van der Waals surface area contributed by atoms with E-state index in [4.69, 9.17) is 0 Å². The van der Waals surface area contributed by atoms with Crippen LogP contribution in [0.1, 0.15) is 5.56 Å². The molecule has 0 aliphatic carbocycles. The molecule has 1 aromatic rings. The Hall–Kier alpha value is -0.670. The summed E-state index contributed by atoms with van der Waals surface area (Å²) >= 11 is 0. The molecule has 11 heavy (non-hydrogen) atoms. The van der Waals surface area contributed by atoms with Crippen molar-refractivity contribution in [2.24, 2.45) is 0 Å². The molecule has 0 aliphatic rings. The summed E-state index contributed by atoms with van der Waals surface area (Å²) in [7, 11) is -0.916. The van der Waals surface area contributed by atoms with Crippen LogP contribution in [-0.2, 0) is 17.5 Å². The third-order valence-electron chi connectivity index (χ3n) is 1.32. The van der Waals surface area contributed by atoms with Crippen LogP contribution in [0.4, 0.5) is 0 Å². The van der Waals surface area contributed by atoms with Crippen LogP contribution in [0.3, 0.4) is 0 Å². The Bertz CT molecular complexity index is 235. The molecule has 1 N–H and O–H groups in total. The predicted octanol–water partition coefficient (Wildman–Crippen LogP) is 1.07. The van der Waals surface area contributed by atoms with Crippen LogP contribution in [0.25, 0.3) is 0 Å². The summed E-state index contributed by atoms with van der Waals surface area (Å²) < 4.78 is 13.5. The smallest absolute Gasteiger partial charge is 0.0886 e. The molecule has 0 aromatic heterocycles. The average molecular weight is 169 g/mol. The molecular weight excluding hydrogens is 158 g/mol. The van der Waals surface area contributed by atoms with Gasteiger partial charge in [0.1, 0.15) is 0 Å². The summed E-state index contributed by atoms with van der Waals surface area (Å²) in [5.41, 5.74) is 1.16. The molecule has 0 bridgehead atoms. The van der Waals surface area contributed by atoms with Gasteiger partial charge in [-0.05, 0) is 5.56 Å². The van der Waals surface area contributed by atoms with Gasteiger partial charge in [-0.25, -0.2) is 8.93 Å². The summed E-state index contributed by atoms with van der Waals surface area (Å²) in [6.07, 6.45) is 1.63. The van der Waals surface area contributed by atoms with Gasteiger partial charge in [-0.15, -0.1) is 0 Å². The van der Waals surface area contributed by atoms with Crippen LogP contribution < -0.4 is 4.72 Å². The zero-order chi connectivity index (χ0) is 8.10. The molecule has 1 aromatic carbocycles. The van der Waals surface area contributed by atoms with Gasteiger partial charge >= 0.3 is 0 Å². The Balaban J connectivity index is 2.45. The zero-order valence-electron chi connectivity index (χ0n) is 6.41. The molecule has 0 radical (unpaired) electrons. The number of nitrogens with one attached hydrogen (secondary N) is 1. The summed E-state index contributed by atoms with van der Waals surface area (Å²) in [4.78, 5) is 0. The minimum atomic E-state index is -0.916. The lowest BCUT2D eigenvalue weighted by Gasteiger charge is -1.99. The normalized spacial score (nSPS) is 12.8. The fourth-order valence-corrected chi connectivity index (χ4v) is 1.15. The van der Waals surface area contributed by atoms with E-state index in [1.807, 2.05) is 30.3 Å². The van der Waals surface area contributed by atoms with Crippen LogP contribution in [0.5, 0.6) is 0 Å². The first-order valence-electron chi connectivity index (χ1n) is 3.40. The minimum absolute atomic E-state index is 0.671. The van der Waals surface area contributed by atoms with Crippen LogP contribution in [0, 0.1) is 0 Å². The predicted molar refractivity (Wildman–Crippen MR) is 47.3 cm³/mol. The van der Waals surface area contributed by atoms with Gasteiger partial charge in [0, 0.05) is 12.8 Å². The Morgan fingerprint density at radius 1 is 1.36 bits per heavy atom. The monoisotopic (exact) mass is 169 g/mol. The Morgan fingerprint density at radius 3 is 2.55 bits per heavy atom. The molecule has 2 nitrogen and oxygen atoms in total. The van der Waals surface area contributed by atoms with Crippen LogP contribution in [0.2, 0.25) is 0 Å². The van der Waals surface area contributed by atoms with Crippen molar-refractivity contribution >= 4 is 11.0 Å². The molecule has 1 rings (SSSR count). The largest absolute Gasteiger partial charge is 0.243 e. The standard InChI is InChI=1S/C8H11NOS/c1-11(10)9-7-8-5-3-2-4-6-8/h2-6,9H,7H2,1H3. The van der Waals surface area contributed by atoms with Gasteiger partial charge in [-0.3, -0.25) is 0 Å². The van der Waals surface area contributed by atoms with Crippen molar-refractivity contribution in [2.45, 2.75) is 6.54 Å². The average Bonchev–Trinajstić information content (AvgIpc) is 2.03. The van der Waals surface area contributed by atoms with Gasteiger partial charge in [-0.1, -0.05) is 30.3 Å². The molecule has 0 saturated carbocycles. The zero-order valence-corrected chi connectivity index (χ0v) is 7.23. The lowest BCUT2D eigenvalue weighted by Crippen LogP contribution is -2.14. The molecule has 0 aliphatic heterocycles. The highest BCUT2D eigenvalue weighted by molar-refractivity contribution is 7.82. The van der Waals surface area contributed by atoms with Crippen molar-refractivity contribution < 1.29 is 4.21 Å². The molecule has 3 heteroatoms. The van der Waals surface area contributed by atoms with E-state index in [-0.39, 0.29) is 0 Å². The summed E-state index contributed by atoms with van der Waals surface area (Å²) in [5, 5.41) is 0. The van der Waals surface area contributed by atoms with Crippen LogP contribution >= 0.6 is 0 Å². The molecule has 0 amide bonds. The molecule has 0 spiro atoms. The van der Waals surface area contributed by atoms with Crippen molar-refractivity contribution in [3.63, 3.8) is 0 Å². The van der Waals surface area contributed by atoms with E-state index in [0.29, 0.717) is 6.54 Å². The Morgan fingerprint density at radius 2 is 2.00 bits per heavy atom. The van der Waals surface area contributed by atoms with E-state index in [9.17, 15) is 4.21 Å². The number of benzene rings is 1. The highest BCUT2D eigenvalue weighted by Gasteiger charge is 1.90. The van der Waals surface area contributed by atoms with Gasteiger partial charge < -0.3 is 0 Å². The first-order valence-corrected chi connectivity index (χ1v) is 4.95. The van der Waals surface area contributed by atoms with Crippen molar-refractivity contribution in [3.05, 3.63) is 35.9 Å². The minimum Gasteiger partial charge on any atom is -0.243 e. The summed E-state index contributed by atoms with van der Waals surface area (Å²) in [6.45, 7) is 0.671. The molecule has 0 heterocycles. The van der Waals surface area contributed by atoms with E-state index in [1.165, 1.54) is 0 Å². The maximum absolute atomic E-state index is 10.6. The Kier molecular flexibility index (Phi) is 3.26. The first kappa shape index (κ1) is 8.43. The second-order valence-electron chi connectivity index (χ2n) is 2.26. The maximum Gasteiger partial charge on any atom is 0.0886 e. The SMILES string of the molecule is CS(=O)NCc1ccccc1. The van der Waals surface area contributed by atoms with Gasteiger partial charge in [-0.2, -0.15) is 0 Å². The molecule has 1 atom stereocenters. The summed E-state index contributed by atoms with van der Waals surface area (Å²) in [6, 6.07) is 9.90. The fourth-order valence-electron chi connectivity index (χ4n) is 0.781. The van der Waals surface area contributed by atoms with Gasteiger partial charge in [0.2, 0.25) is 0 Å². The van der Waals surface area contributed by atoms with Crippen molar-refractivity contribution in [3.8, 4) is 0 Å². The van der Waals surface area contributed by atoms with Gasteiger partial charge in [0.15, 0.2) is 0 Å². The van der Waals surface area contributed by atoms with E-state index >= 15 is 0 Å². The third kappa shape index (κ3) is 3.30. The van der Waals surface area contributed by atoms with Crippen LogP contribution in [0.15, 0.2) is 30.3 Å². The van der Waals surface area contributed by atoms with Crippen molar-refractivity contribution in [1.29, 1.82) is 0 Å².